The minimum Gasteiger partial charge on any atom is -0.483 e. The van der Waals surface area contributed by atoms with Crippen molar-refractivity contribution in [3.05, 3.63) is 66.5 Å². The molecule has 0 bridgehead atoms. The van der Waals surface area contributed by atoms with Crippen molar-refractivity contribution in [1.82, 2.24) is 44.3 Å². The van der Waals surface area contributed by atoms with E-state index in [1.165, 1.54) is 16.8 Å². The molecule has 2 aliphatic rings. The number of fused-ring (bicyclic) bond motifs is 1. The van der Waals surface area contributed by atoms with Gasteiger partial charge in [-0.3, -0.25) is 19.2 Å². The van der Waals surface area contributed by atoms with E-state index in [0.29, 0.717) is 28.6 Å². The maximum absolute atomic E-state index is 13.6. The van der Waals surface area contributed by atoms with Gasteiger partial charge in [-0.15, -0.1) is 16.9 Å². The molecule has 15 nitrogen and oxygen atoms in total. The zero-order valence-corrected chi connectivity index (χ0v) is 28.8. The lowest BCUT2D eigenvalue weighted by Crippen LogP contribution is -2.42. The van der Waals surface area contributed by atoms with Crippen molar-refractivity contribution in [1.29, 1.82) is 0 Å². The Bertz CT molecular complexity index is 1940. The molecule has 51 heavy (non-hydrogen) atoms. The van der Waals surface area contributed by atoms with Crippen molar-refractivity contribution in [3.8, 4) is 17.0 Å². The highest BCUT2D eigenvalue weighted by molar-refractivity contribution is 7.99. The number of anilines is 1. The summed E-state index contributed by atoms with van der Waals surface area (Å²) >= 11 is 1.57. The van der Waals surface area contributed by atoms with Crippen molar-refractivity contribution in [2.75, 3.05) is 31.6 Å². The van der Waals surface area contributed by atoms with Crippen LogP contribution in [-0.2, 0) is 16.1 Å². The van der Waals surface area contributed by atoms with Gasteiger partial charge < -0.3 is 19.9 Å². The molecule has 0 saturated carbocycles. The van der Waals surface area contributed by atoms with E-state index in [9.17, 15) is 13.6 Å². The summed E-state index contributed by atoms with van der Waals surface area (Å²) in [6.07, 6.45) is 11.3. The van der Waals surface area contributed by atoms with Gasteiger partial charge in [-0.05, 0) is 43.5 Å². The van der Waals surface area contributed by atoms with Crippen LogP contribution in [0.4, 0.5) is 14.5 Å². The van der Waals surface area contributed by atoms with Gasteiger partial charge in [-0.25, -0.2) is 14.2 Å². The van der Waals surface area contributed by atoms with E-state index in [2.05, 4.69) is 30.6 Å². The average molecular weight is 725 g/mol. The number of carbonyl (C=O) groups excluding carboxylic acids is 1. The Morgan fingerprint density at radius 1 is 1.20 bits per heavy atom. The summed E-state index contributed by atoms with van der Waals surface area (Å²) < 4.78 is 42.6. The van der Waals surface area contributed by atoms with Gasteiger partial charge in [-0.2, -0.15) is 19.0 Å². The molecule has 270 valence electrons. The molecule has 1 aromatic carbocycles. The summed E-state index contributed by atoms with van der Waals surface area (Å²) in [5, 5.41) is 27.9. The minimum absolute atomic E-state index is 0.0574. The number of piperidine rings is 1. The maximum Gasteiger partial charge on any atom is 0.387 e. The second kappa shape index (κ2) is 16.4. The van der Waals surface area contributed by atoms with Gasteiger partial charge in [0.15, 0.2) is 5.65 Å². The minimum atomic E-state index is -3.05. The number of rotatable bonds is 11. The monoisotopic (exact) mass is 724 g/mol. The van der Waals surface area contributed by atoms with Crippen LogP contribution in [0.3, 0.4) is 0 Å². The van der Waals surface area contributed by atoms with Crippen LogP contribution in [0.5, 0.6) is 5.75 Å². The summed E-state index contributed by atoms with van der Waals surface area (Å²) in [6, 6.07) is 7.44. The molecule has 2 aliphatic heterocycles. The fourth-order valence-electron chi connectivity index (χ4n) is 6.26. The Kier molecular flexibility index (Phi) is 11.5. The third-order valence-electron chi connectivity index (χ3n) is 8.50. The topological polar surface area (TPSA) is 167 Å². The van der Waals surface area contributed by atoms with E-state index < -0.39 is 12.5 Å². The van der Waals surface area contributed by atoms with Crippen LogP contribution < -0.4 is 10.1 Å². The number of carbonyl (C=O) groups is 2. The van der Waals surface area contributed by atoms with E-state index >= 15 is 0 Å². The maximum atomic E-state index is 13.6. The number of halogens is 2. The van der Waals surface area contributed by atoms with Gasteiger partial charge in [0, 0.05) is 60.0 Å². The molecule has 6 heterocycles. The van der Waals surface area contributed by atoms with Gasteiger partial charge in [0.2, 0.25) is 0 Å². The van der Waals surface area contributed by atoms with Crippen LogP contribution in [0.1, 0.15) is 55.2 Å². The lowest BCUT2D eigenvalue weighted by Gasteiger charge is -2.35. The summed E-state index contributed by atoms with van der Waals surface area (Å²) in [4.78, 5) is 29.6. The smallest absolute Gasteiger partial charge is 0.387 e. The van der Waals surface area contributed by atoms with Gasteiger partial charge in [0.1, 0.15) is 22.7 Å². The number of carboxylic acid groups (broad SMARTS) is 1. The number of alkyl halides is 2. The summed E-state index contributed by atoms with van der Waals surface area (Å²) in [7, 11) is 0. The fourth-order valence-corrected chi connectivity index (χ4v) is 7.14. The molecular weight excluding hydrogens is 686 g/mol. The van der Waals surface area contributed by atoms with E-state index in [0.717, 1.165) is 50.5 Å². The second-order valence-corrected chi connectivity index (χ2v) is 13.9. The van der Waals surface area contributed by atoms with Crippen LogP contribution in [0.15, 0.2) is 60.1 Å². The van der Waals surface area contributed by atoms with Gasteiger partial charge >= 0.3 is 6.61 Å². The predicted molar refractivity (Wildman–Crippen MR) is 183 cm³/mol. The first kappa shape index (κ1) is 35.9. The number of amides is 1. The number of hydrogen-bond acceptors (Lipinski definition) is 11. The van der Waals surface area contributed by atoms with Crippen LogP contribution in [-0.4, -0.2) is 106 Å². The third kappa shape index (κ3) is 8.69. The number of ether oxygens (including phenoxy) is 2. The molecule has 1 amide bonds. The molecule has 4 aromatic heterocycles. The standard InChI is InChI=1S/C32H36F2N10O3S.CH2O2/c1-20(2)48-24-4-5-28(47-32(33)34)25(14-24)29-27(37-31(45)26-15-36-43-10-3-9-35-30(26)43)18-42(39-29)16-21-17-44(40-38-21)22-6-11-41(12-7-22)23-8-13-46-19-23;2-1-3/h3-5,9-10,14-15,17-18,20,22-23,32H,6-8,11-13,16,19H2,1-2H3,(H,37,45);1H,(H,2,3)/t23-;/m1./s1. The zero-order chi connectivity index (χ0) is 35.9. The molecule has 0 unspecified atom stereocenters. The van der Waals surface area contributed by atoms with Crippen LogP contribution >= 0.6 is 11.8 Å². The van der Waals surface area contributed by atoms with Gasteiger partial charge in [0.05, 0.1) is 37.3 Å². The lowest BCUT2D eigenvalue weighted by molar-refractivity contribution is -0.122. The molecule has 0 aliphatic carbocycles. The van der Waals surface area contributed by atoms with E-state index in [4.69, 9.17) is 24.5 Å². The Hall–Kier alpha value is -4.94. The normalized spacial score (nSPS) is 16.8. The highest BCUT2D eigenvalue weighted by Crippen LogP contribution is 2.39. The molecule has 2 fully saturated rings. The first-order valence-corrected chi connectivity index (χ1v) is 17.3. The summed E-state index contributed by atoms with van der Waals surface area (Å²) in [6.45, 7) is 4.63. The molecule has 0 radical (unpaired) electrons. The summed E-state index contributed by atoms with van der Waals surface area (Å²) in [5.41, 5.74) is 2.18. The molecule has 1 atom stereocenters. The molecule has 0 spiro atoms. The molecular formula is C33H38F2N10O5S. The molecule has 18 heteroatoms. The summed E-state index contributed by atoms with van der Waals surface area (Å²) in [5.74, 6) is -0.534. The number of likely N-dealkylation sites (tertiary alicyclic amines) is 1. The Morgan fingerprint density at radius 3 is 2.73 bits per heavy atom. The molecule has 2 saturated heterocycles. The van der Waals surface area contributed by atoms with E-state index in [1.807, 2.05) is 24.7 Å². The van der Waals surface area contributed by atoms with E-state index in [1.54, 1.807) is 53.2 Å². The van der Waals surface area contributed by atoms with Crippen LogP contribution in [0.2, 0.25) is 0 Å². The molecule has 7 rings (SSSR count). The van der Waals surface area contributed by atoms with E-state index in [-0.39, 0.29) is 41.3 Å². The van der Waals surface area contributed by atoms with Crippen molar-refractivity contribution in [3.63, 3.8) is 0 Å². The zero-order valence-electron chi connectivity index (χ0n) is 28.0. The van der Waals surface area contributed by atoms with Crippen LogP contribution in [0, 0.1) is 0 Å². The SMILES string of the molecule is CC(C)Sc1ccc(OC(F)F)c(-c2nn(Cc3cn(C4CCN([C@@H]5CCOC5)CC4)nn3)cc2NC(=O)c2cnn3cccnc23)c1.O=CO. The second-order valence-electron chi connectivity index (χ2n) is 12.3. The van der Waals surface area contributed by atoms with Crippen molar-refractivity contribution in [2.24, 2.45) is 0 Å². The van der Waals surface area contributed by atoms with Gasteiger partial charge in [0.25, 0.3) is 12.4 Å². The first-order chi connectivity index (χ1) is 24.7. The number of thioether (sulfide) groups is 1. The number of nitrogens with zero attached hydrogens (tertiary/aromatic N) is 9. The Balaban J connectivity index is 0.00000144. The highest BCUT2D eigenvalue weighted by atomic mass is 32.2. The Labute approximate surface area is 295 Å². The van der Waals surface area contributed by atoms with Crippen molar-refractivity contribution >= 4 is 35.5 Å². The quantitative estimate of drug-likeness (QED) is 0.143. The number of aromatic nitrogens is 8. The lowest BCUT2D eigenvalue weighted by atomic mass is 10.0. The highest BCUT2D eigenvalue weighted by Gasteiger charge is 2.29. The predicted octanol–water partition coefficient (Wildman–Crippen LogP) is 4.71. The number of hydrogen-bond donors (Lipinski definition) is 2. The third-order valence-corrected chi connectivity index (χ3v) is 9.50. The average Bonchev–Trinajstić information content (AvgIpc) is 3.93. The van der Waals surface area contributed by atoms with Crippen molar-refractivity contribution < 1.29 is 33.0 Å². The van der Waals surface area contributed by atoms with Crippen LogP contribution in [0.25, 0.3) is 16.9 Å². The largest absolute Gasteiger partial charge is 0.483 e. The first-order valence-electron chi connectivity index (χ1n) is 16.5. The molecule has 2 N–H and O–H groups in total. The Morgan fingerprint density at radius 2 is 2.00 bits per heavy atom. The fraction of sp³-hybridized carbons (Fsp3) is 0.424. The van der Waals surface area contributed by atoms with Gasteiger partial charge in [-0.1, -0.05) is 19.1 Å². The molecule has 5 aromatic rings. The number of benzene rings is 1. The number of nitrogens with one attached hydrogen (secondary N) is 1. The van der Waals surface area contributed by atoms with Crippen molar-refractivity contribution in [2.45, 2.75) is 68.5 Å².